The molecule has 2 N–H and O–H groups in total. The first-order chi connectivity index (χ1) is 11.0. The van der Waals surface area contributed by atoms with Gasteiger partial charge in [-0.05, 0) is 38.0 Å². The van der Waals surface area contributed by atoms with Crippen LogP contribution in [0.5, 0.6) is 5.75 Å². The molecule has 0 unspecified atom stereocenters. The minimum absolute atomic E-state index is 0.240. The maximum atomic E-state index is 12.1. The van der Waals surface area contributed by atoms with Gasteiger partial charge in [0.25, 0.3) is 0 Å². The van der Waals surface area contributed by atoms with E-state index < -0.39 is 10.0 Å². The van der Waals surface area contributed by atoms with Crippen LogP contribution in [-0.4, -0.2) is 20.1 Å². The lowest BCUT2D eigenvalue weighted by Gasteiger charge is -2.06. The highest BCUT2D eigenvalue weighted by Crippen LogP contribution is 2.17. The van der Waals surface area contributed by atoms with Crippen molar-refractivity contribution in [3.05, 3.63) is 65.7 Å². The molecule has 0 spiro atoms. The maximum Gasteiger partial charge on any atom is 0.240 e. The zero-order chi connectivity index (χ0) is 16.7. The highest BCUT2D eigenvalue weighted by atomic mass is 32.2. The van der Waals surface area contributed by atoms with Crippen molar-refractivity contribution in [3.8, 4) is 5.75 Å². The molecule has 2 rings (SSSR count). The molecule has 0 atom stereocenters. The zero-order valence-corrected chi connectivity index (χ0v) is 13.9. The number of nitrogens with one attached hydrogen (secondary N) is 1. The summed E-state index contributed by atoms with van der Waals surface area (Å²) in [4.78, 5) is 0.285. The number of hydrogen-bond acceptors (Lipinski definition) is 3. The van der Waals surface area contributed by atoms with Crippen LogP contribution < -0.4 is 4.72 Å². The normalized spacial score (nSPS) is 11.9. The van der Waals surface area contributed by atoms with Crippen molar-refractivity contribution in [2.75, 3.05) is 6.54 Å². The Morgan fingerprint density at radius 3 is 2.48 bits per heavy atom. The molecule has 0 aliphatic carbocycles. The third-order valence-corrected chi connectivity index (χ3v) is 4.88. The molecule has 0 heterocycles. The van der Waals surface area contributed by atoms with Gasteiger partial charge in [0.1, 0.15) is 5.75 Å². The third kappa shape index (κ3) is 5.23. The molecule has 0 aliphatic rings. The molecule has 0 fully saturated rings. The number of phenolic OH excluding ortho intramolecular Hbond substituents is 1. The van der Waals surface area contributed by atoms with Crippen LogP contribution in [0.4, 0.5) is 0 Å². The van der Waals surface area contributed by atoms with E-state index in [2.05, 4.69) is 4.72 Å². The van der Waals surface area contributed by atoms with Crippen LogP contribution in [0.15, 0.2) is 59.5 Å². The van der Waals surface area contributed by atoms with Gasteiger partial charge in [-0.1, -0.05) is 48.0 Å². The van der Waals surface area contributed by atoms with Crippen molar-refractivity contribution in [1.82, 2.24) is 4.72 Å². The first kappa shape index (κ1) is 17.2. The van der Waals surface area contributed by atoms with E-state index >= 15 is 0 Å². The van der Waals surface area contributed by atoms with Crippen molar-refractivity contribution >= 4 is 16.1 Å². The number of sulfonamides is 1. The monoisotopic (exact) mass is 331 g/mol. The lowest BCUT2D eigenvalue weighted by atomic mass is 10.1. The molecule has 0 bridgehead atoms. The average molecular weight is 331 g/mol. The molecule has 0 saturated carbocycles. The molecule has 2 aromatic carbocycles. The fourth-order valence-electron chi connectivity index (χ4n) is 2.07. The van der Waals surface area contributed by atoms with E-state index in [1.165, 1.54) is 0 Å². The van der Waals surface area contributed by atoms with Crippen LogP contribution >= 0.6 is 0 Å². The highest BCUT2D eigenvalue weighted by Gasteiger charge is 2.12. The number of phenols is 1. The van der Waals surface area contributed by atoms with Gasteiger partial charge >= 0.3 is 0 Å². The van der Waals surface area contributed by atoms with E-state index in [1.807, 2.05) is 31.2 Å². The largest absolute Gasteiger partial charge is 0.507 e. The van der Waals surface area contributed by atoms with Crippen LogP contribution in [0.3, 0.4) is 0 Å². The topological polar surface area (TPSA) is 66.4 Å². The molecular formula is C18H21NO3S. The smallest absolute Gasteiger partial charge is 0.240 e. The van der Waals surface area contributed by atoms with Crippen LogP contribution in [0.25, 0.3) is 6.08 Å². The SMILES string of the molecule is Cc1ccc(S(=O)(=O)NCCC/C=C\c2ccccc2O)cc1. The Kier molecular flexibility index (Phi) is 5.96. The van der Waals surface area contributed by atoms with Crippen molar-refractivity contribution in [1.29, 1.82) is 0 Å². The Morgan fingerprint density at radius 2 is 1.78 bits per heavy atom. The molecule has 2 aromatic rings. The van der Waals surface area contributed by atoms with E-state index in [-0.39, 0.29) is 10.6 Å². The fraction of sp³-hybridized carbons (Fsp3) is 0.222. The molecule has 0 aromatic heterocycles. The van der Waals surface area contributed by atoms with Gasteiger partial charge in [0.15, 0.2) is 0 Å². The molecule has 5 heteroatoms. The fourth-order valence-corrected chi connectivity index (χ4v) is 3.14. The summed E-state index contributed by atoms with van der Waals surface area (Å²) in [6.07, 6.45) is 5.18. The molecule has 0 radical (unpaired) electrons. The Morgan fingerprint density at radius 1 is 1.09 bits per heavy atom. The number of aromatic hydroxyl groups is 1. The van der Waals surface area contributed by atoms with Gasteiger partial charge in [0.2, 0.25) is 10.0 Å². The maximum absolute atomic E-state index is 12.1. The van der Waals surface area contributed by atoms with Crippen LogP contribution in [-0.2, 0) is 10.0 Å². The van der Waals surface area contributed by atoms with E-state index in [4.69, 9.17) is 0 Å². The predicted molar refractivity (Wildman–Crippen MR) is 92.7 cm³/mol. The molecule has 122 valence electrons. The number of aryl methyl sites for hydroxylation is 1. The van der Waals surface area contributed by atoms with E-state index in [9.17, 15) is 13.5 Å². The molecule has 23 heavy (non-hydrogen) atoms. The third-order valence-electron chi connectivity index (χ3n) is 3.41. The molecule has 0 aliphatic heterocycles. The summed E-state index contributed by atoms with van der Waals surface area (Å²) in [6, 6.07) is 13.9. The molecule has 0 amide bonds. The van der Waals surface area contributed by atoms with Gasteiger partial charge in [-0.2, -0.15) is 0 Å². The van der Waals surface area contributed by atoms with Crippen LogP contribution in [0.1, 0.15) is 24.0 Å². The van der Waals surface area contributed by atoms with Crippen LogP contribution in [0, 0.1) is 6.92 Å². The first-order valence-corrected chi connectivity index (χ1v) is 8.98. The van der Waals surface area contributed by atoms with Gasteiger partial charge in [0, 0.05) is 12.1 Å². The standard InChI is InChI=1S/C18H21NO3S/c1-15-10-12-17(13-11-15)23(21,22)19-14-6-2-3-7-16-8-4-5-9-18(16)20/h3-5,7-13,19-20H,2,6,14H2,1H3/b7-3-. The number of unbranched alkanes of at least 4 members (excludes halogenated alkanes) is 1. The lowest BCUT2D eigenvalue weighted by molar-refractivity contribution is 0.474. The summed E-state index contributed by atoms with van der Waals surface area (Å²) in [5, 5.41) is 9.62. The van der Waals surface area contributed by atoms with Gasteiger partial charge in [0.05, 0.1) is 4.90 Å². The highest BCUT2D eigenvalue weighted by molar-refractivity contribution is 7.89. The van der Waals surface area contributed by atoms with Gasteiger partial charge in [-0.25, -0.2) is 13.1 Å². The zero-order valence-electron chi connectivity index (χ0n) is 13.1. The summed E-state index contributed by atoms with van der Waals surface area (Å²) in [7, 11) is -3.44. The average Bonchev–Trinajstić information content (AvgIpc) is 2.52. The Hall–Kier alpha value is -2.11. The van der Waals surface area contributed by atoms with Crippen molar-refractivity contribution < 1.29 is 13.5 Å². The first-order valence-electron chi connectivity index (χ1n) is 7.50. The van der Waals surface area contributed by atoms with E-state index in [0.29, 0.717) is 13.0 Å². The van der Waals surface area contributed by atoms with Gasteiger partial charge < -0.3 is 5.11 Å². The summed E-state index contributed by atoms with van der Waals surface area (Å²) < 4.78 is 26.8. The van der Waals surface area contributed by atoms with Gasteiger partial charge in [-0.3, -0.25) is 0 Å². The Bertz CT molecular complexity index is 765. The summed E-state index contributed by atoms with van der Waals surface area (Å²) in [5.41, 5.74) is 1.78. The minimum Gasteiger partial charge on any atom is -0.507 e. The van der Waals surface area contributed by atoms with Crippen LogP contribution in [0.2, 0.25) is 0 Å². The second-order valence-corrected chi connectivity index (χ2v) is 7.08. The number of rotatable bonds is 7. The quantitative estimate of drug-likeness (QED) is 0.764. The summed E-state index contributed by atoms with van der Waals surface area (Å²) in [6.45, 7) is 2.29. The lowest BCUT2D eigenvalue weighted by Crippen LogP contribution is -2.24. The molecule has 0 saturated heterocycles. The predicted octanol–water partition coefficient (Wildman–Crippen LogP) is 3.47. The Labute approximate surface area is 137 Å². The second kappa shape index (κ2) is 7.94. The van der Waals surface area contributed by atoms with E-state index in [1.54, 1.807) is 36.4 Å². The van der Waals surface area contributed by atoms with Crippen molar-refractivity contribution in [3.63, 3.8) is 0 Å². The summed E-state index contributed by atoms with van der Waals surface area (Å²) in [5.74, 6) is 0.240. The van der Waals surface area contributed by atoms with E-state index in [0.717, 1.165) is 17.5 Å². The number of hydrogen-bond donors (Lipinski definition) is 2. The Balaban J connectivity index is 1.79. The number of benzene rings is 2. The number of para-hydroxylation sites is 1. The van der Waals surface area contributed by atoms with Crippen molar-refractivity contribution in [2.24, 2.45) is 0 Å². The second-order valence-electron chi connectivity index (χ2n) is 5.31. The van der Waals surface area contributed by atoms with Gasteiger partial charge in [-0.15, -0.1) is 0 Å². The summed E-state index contributed by atoms with van der Waals surface area (Å²) >= 11 is 0. The van der Waals surface area contributed by atoms with Crippen molar-refractivity contribution in [2.45, 2.75) is 24.7 Å². The number of allylic oxidation sites excluding steroid dienone is 1. The molecular weight excluding hydrogens is 310 g/mol. The molecule has 4 nitrogen and oxygen atoms in total. The minimum atomic E-state index is -3.44.